The molecule has 1 fully saturated rings. The molecule has 0 heterocycles. The van der Waals surface area contributed by atoms with Crippen LogP contribution in [0.1, 0.15) is 92.6 Å². The van der Waals surface area contributed by atoms with E-state index >= 15 is 8.78 Å². The molecule has 0 unspecified atom stereocenters. The van der Waals surface area contributed by atoms with Gasteiger partial charge in [0.2, 0.25) is 0 Å². The first-order chi connectivity index (χ1) is 17.9. The van der Waals surface area contributed by atoms with Crippen molar-refractivity contribution in [3.05, 3.63) is 88.7 Å². The maximum atomic E-state index is 15.1. The lowest BCUT2D eigenvalue weighted by Crippen LogP contribution is -2.15. The summed E-state index contributed by atoms with van der Waals surface area (Å²) in [5, 5.41) is 0. The zero-order valence-electron chi connectivity index (χ0n) is 21.7. The molecule has 0 N–H and O–H groups in total. The Balaban J connectivity index is 1.43. The van der Waals surface area contributed by atoms with E-state index in [9.17, 15) is 9.18 Å². The van der Waals surface area contributed by atoms with Crippen LogP contribution in [-0.4, -0.2) is 5.97 Å². The van der Waals surface area contributed by atoms with Crippen LogP contribution in [0.15, 0.2) is 54.6 Å². The second kappa shape index (κ2) is 12.4. The fraction of sp³-hybridized carbons (Fsp3) is 0.406. The summed E-state index contributed by atoms with van der Waals surface area (Å²) in [6.45, 7) is 4.22. The number of rotatable bonds is 9. The van der Waals surface area contributed by atoms with Crippen LogP contribution < -0.4 is 4.74 Å². The maximum absolute atomic E-state index is 15.1. The summed E-state index contributed by atoms with van der Waals surface area (Å²) in [5.74, 6) is -1.80. The predicted octanol–water partition coefficient (Wildman–Crippen LogP) is 9.41. The third kappa shape index (κ3) is 6.44. The topological polar surface area (TPSA) is 26.3 Å². The molecule has 2 nitrogen and oxygen atoms in total. The molecule has 1 saturated carbocycles. The summed E-state index contributed by atoms with van der Waals surface area (Å²) >= 11 is 0. The quantitative estimate of drug-likeness (QED) is 0.213. The van der Waals surface area contributed by atoms with E-state index in [-0.39, 0.29) is 22.8 Å². The summed E-state index contributed by atoms with van der Waals surface area (Å²) in [6, 6.07) is 13.9. The van der Waals surface area contributed by atoms with Crippen LogP contribution in [0, 0.1) is 23.4 Å². The van der Waals surface area contributed by atoms with Crippen molar-refractivity contribution in [2.75, 3.05) is 0 Å². The average Bonchev–Trinajstić information content (AvgIpc) is 2.91. The molecule has 37 heavy (non-hydrogen) atoms. The monoisotopic (exact) mass is 508 g/mol. The summed E-state index contributed by atoms with van der Waals surface area (Å²) in [7, 11) is 0. The van der Waals surface area contributed by atoms with Gasteiger partial charge >= 0.3 is 5.97 Å². The first-order valence-electron chi connectivity index (χ1n) is 13.5. The molecule has 0 spiro atoms. The highest BCUT2D eigenvalue weighted by Gasteiger charge is 2.26. The van der Waals surface area contributed by atoms with Crippen LogP contribution in [-0.2, 0) is 6.42 Å². The zero-order valence-corrected chi connectivity index (χ0v) is 21.7. The van der Waals surface area contributed by atoms with E-state index in [1.165, 1.54) is 24.6 Å². The minimum Gasteiger partial charge on any atom is -0.423 e. The molecule has 196 valence electrons. The number of hydrogen-bond donors (Lipinski definition) is 0. The molecule has 0 saturated heterocycles. The van der Waals surface area contributed by atoms with Gasteiger partial charge in [0.15, 0.2) is 11.6 Å². The van der Waals surface area contributed by atoms with Gasteiger partial charge in [-0.25, -0.2) is 18.0 Å². The average molecular weight is 509 g/mol. The van der Waals surface area contributed by atoms with Crippen molar-refractivity contribution >= 4 is 5.97 Å². The van der Waals surface area contributed by atoms with E-state index in [1.807, 2.05) is 6.92 Å². The van der Waals surface area contributed by atoms with Crippen molar-refractivity contribution < 1.29 is 22.7 Å². The van der Waals surface area contributed by atoms with Gasteiger partial charge in [-0.1, -0.05) is 63.4 Å². The second-order valence-corrected chi connectivity index (χ2v) is 10.2. The Kier molecular flexibility index (Phi) is 9.07. The lowest BCUT2D eigenvalue weighted by atomic mass is 9.77. The van der Waals surface area contributed by atoms with Gasteiger partial charge in [0.1, 0.15) is 11.6 Å². The van der Waals surface area contributed by atoms with Crippen LogP contribution in [0.25, 0.3) is 11.1 Å². The normalized spacial score (nSPS) is 17.5. The molecule has 0 atom stereocenters. The highest BCUT2D eigenvalue weighted by atomic mass is 19.2. The summed E-state index contributed by atoms with van der Waals surface area (Å²) in [5.41, 5.74) is 1.92. The van der Waals surface area contributed by atoms with E-state index in [0.717, 1.165) is 44.9 Å². The zero-order chi connectivity index (χ0) is 26.4. The summed E-state index contributed by atoms with van der Waals surface area (Å²) in [6.07, 6.45) is 8.76. The number of esters is 1. The number of halogens is 3. The highest BCUT2D eigenvalue weighted by molar-refractivity contribution is 5.91. The molecular weight excluding hydrogens is 473 g/mol. The van der Waals surface area contributed by atoms with Crippen LogP contribution in [0.3, 0.4) is 0 Å². The van der Waals surface area contributed by atoms with E-state index < -0.39 is 23.4 Å². The van der Waals surface area contributed by atoms with E-state index in [0.29, 0.717) is 29.0 Å². The van der Waals surface area contributed by atoms with Gasteiger partial charge in [-0.2, -0.15) is 0 Å². The fourth-order valence-electron chi connectivity index (χ4n) is 5.39. The van der Waals surface area contributed by atoms with Crippen molar-refractivity contribution in [3.63, 3.8) is 0 Å². The predicted molar refractivity (Wildman–Crippen MR) is 141 cm³/mol. The number of benzene rings is 3. The number of hydrogen-bond acceptors (Lipinski definition) is 2. The Labute approximate surface area is 217 Å². The van der Waals surface area contributed by atoms with Crippen molar-refractivity contribution in [2.24, 2.45) is 5.92 Å². The molecule has 4 rings (SSSR count). The van der Waals surface area contributed by atoms with Gasteiger partial charge in [0.05, 0.1) is 5.56 Å². The largest absolute Gasteiger partial charge is 0.423 e. The van der Waals surface area contributed by atoms with Gasteiger partial charge in [-0.15, -0.1) is 0 Å². The van der Waals surface area contributed by atoms with Gasteiger partial charge in [0.25, 0.3) is 0 Å². The Morgan fingerprint density at radius 1 is 0.865 bits per heavy atom. The Hall–Kier alpha value is -3.08. The van der Waals surface area contributed by atoms with Crippen LogP contribution in [0.4, 0.5) is 13.2 Å². The summed E-state index contributed by atoms with van der Waals surface area (Å²) in [4.78, 5) is 12.6. The van der Waals surface area contributed by atoms with Crippen LogP contribution in [0.5, 0.6) is 5.75 Å². The molecule has 0 bridgehead atoms. The molecule has 0 aliphatic heterocycles. The lowest BCUT2D eigenvalue weighted by molar-refractivity contribution is 0.0734. The SMILES string of the molecule is CCCCc1ccc(OC(=O)c2ccc(-c3ccc(C4CCC(CCC)CC4)c(F)c3F)cc2)cc1F. The first-order valence-corrected chi connectivity index (χ1v) is 13.5. The number of unbranched alkanes of at least 4 members (excludes halogenated alkanes) is 1. The third-order valence-corrected chi connectivity index (χ3v) is 7.56. The van der Waals surface area contributed by atoms with E-state index in [1.54, 1.807) is 36.4 Å². The maximum Gasteiger partial charge on any atom is 0.343 e. The van der Waals surface area contributed by atoms with E-state index in [4.69, 9.17) is 4.74 Å². The standard InChI is InChI=1S/C32H35F3O2/c1-3-5-7-24-16-17-26(20-29(24)33)37-32(36)25-14-12-23(13-15-25)28-19-18-27(30(34)31(28)35)22-10-8-21(6-4-2)9-11-22/h12-22H,3-11H2,1-2H3. The molecule has 3 aromatic carbocycles. The van der Waals surface area contributed by atoms with Crippen LogP contribution in [0.2, 0.25) is 0 Å². The fourth-order valence-corrected chi connectivity index (χ4v) is 5.39. The van der Waals surface area contributed by atoms with Crippen molar-refractivity contribution in [2.45, 2.75) is 77.6 Å². The smallest absolute Gasteiger partial charge is 0.343 e. The molecule has 0 aromatic heterocycles. The molecular formula is C32H35F3O2. The molecule has 5 heteroatoms. The lowest BCUT2D eigenvalue weighted by Gasteiger charge is -2.29. The molecule has 1 aliphatic carbocycles. The molecule has 0 amide bonds. The van der Waals surface area contributed by atoms with Crippen molar-refractivity contribution in [1.82, 2.24) is 0 Å². The Morgan fingerprint density at radius 3 is 2.24 bits per heavy atom. The van der Waals surface area contributed by atoms with Gasteiger partial charge in [-0.3, -0.25) is 0 Å². The minimum absolute atomic E-state index is 0.0550. The van der Waals surface area contributed by atoms with Gasteiger partial charge in [0, 0.05) is 11.6 Å². The highest BCUT2D eigenvalue weighted by Crippen LogP contribution is 2.40. The second-order valence-electron chi connectivity index (χ2n) is 10.2. The van der Waals surface area contributed by atoms with E-state index in [2.05, 4.69) is 6.92 Å². The summed E-state index contributed by atoms with van der Waals surface area (Å²) < 4.78 is 49.8. The number of carbonyl (C=O) groups is 1. The van der Waals surface area contributed by atoms with Crippen LogP contribution >= 0.6 is 0 Å². The molecule has 0 radical (unpaired) electrons. The Bertz CT molecular complexity index is 1210. The van der Waals surface area contributed by atoms with Crippen molar-refractivity contribution in [3.8, 4) is 16.9 Å². The van der Waals surface area contributed by atoms with Crippen molar-refractivity contribution in [1.29, 1.82) is 0 Å². The number of ether oxygens (including phenoxy) is 1. The number of aryl methyl sites for hydroxylation is 1. The first kappa shape index (κ1) is 27.0. The Morgan fingerprint density at radius 2 is 1.59 bits per heavy atom. The number of carbonyl (C=O) groups excluding carboxylic acids is 1. The van der Waals surface area contributed by atoms with Gasteiger partial charge < -0.3 is 4.74 Å². The van der Waals surface area contributed by atoms with Gasteiger partial charge in [-0.05, 0) is 85.3 Å². The minimum atomic E-state index is -0.859. The molecule has 1 aliphatic rings. The molecule has 3 aromatic rings. The third-order valence-electron chi connectivity index (χ3n) is 7.56.